The molecule has 2 heterocycles. The molecule has 3 aromatic carbocycles. The van der Waals surface area contributed by atoms with Crippen LogP contribution in [0.5, 0.6) is 0 Å². The monoisotopic (exact) mass is 468 g/mol. The van der Waals surface area contributed by atoms with E-state index in [4.69, 9.17) is 0 Å². The molecule has 36 heavy (non-hydrogen) atoms. The zero-order valence-electron chi connectivity index (χ0n) is 21.4. The smallest absolute Gasteiger partial charge is 0.108 e. The van der Waals surface area contributed by atoms with Crippen LogP contribution in [0.15, 0.2) is 127 Å². The molecular weight excluding hydrogens is 436 g/mol. The Morgan fingerprint density at radius 2 is 1.53 bits per heavy atom. The maximum atomic E-state index is 4.24. The molecule has 0 fully saturated rings. The molecule has 0 aliphatic carbocycles. The van der Waals surface area contributed by atoms with Crippen LogP contribution < -0.4 is 9.80 Å². The second kappa shape index (κ2) is 9.41. The molecule has 2 aliphatic rings. The van der Waals surface area contributed by atoms with E-state index in [0.717, 1.165) is 17.6 Å². The van der Waals surface area contributed by atoms with Gasteiger partial charge in [0.25, 0.3) is 0 Å². The highest BCUT2D eigenvalue weighted by Gasteiger charge is 2.38. The van der Waals surface area contributed by atoms with Crippen molar-refractivity contribution in [3.63, 3.8) is 0 Å². The van der Waals surface area contributed by atoms with Crippen molar-refractivity contribution in [1.29, 1.82) is 0 Å². The Hall–Kier alpha value is -4.26. The minimum absolute atomic E-state index is 0.0558. The zero-order valence-corrected chi connectivity index (χ0v) is 21.4. The lowest BCUT2D eigenvalue weighted by molar-refractivity contribution is 0.730. The summed E-state index contributed by atoms with van der Waals surface area (Å²) in [4.78, 5) is 4.91. The van der Waals surface area contributed by atoms with Crippen molar-refractivity contribution in [2.75, 3.05) is 9.80 Å². The van der Waals surface area contributed by atoms with E-state index in [1.807, 2.05) is 18.2 Å². The van der Waals surface area contributed by atoms with E-state index < -0.39 is 0 Å². The summed E-state index contributed by atoms with van der Waals surface area (Å²) in [6.07, 6.45) is 6.78. The number of hydrogen-bond acceptors (Lipinski definition) is 2. The Bertz CT molecular complexity index is 1490. The third kappa shape index (κ3) is 3.59. The lowest BCUT2D eigenvalue weighted by atomic mass is 9.88. The standard InChI is InChI=1S/C34H32N2/c1-7-15-23(4)24(5)35-25(6)36-32-20-13-12-18-30(32)29-17-11-10-16-27(29)22-26(8-2)28(9-3)31-19-14-21-33(35)34(31)36/h8-21,25H,1-3,22H2,4-6H3/b24-23+,28-26?/t25-/m1/s1. The number of fused-ring (bicyclic) bond motifs is 4. The summed E-state index contributed by atoms with van der Waals surface area (Å²) >= 11 is 0. The fraction of sp³-hybridized carbons (Fsp3) is 0.147. The van der Waals surface area contributed by atoms with Crippen molar-refractivity contribution in [3.8, 4) is 11.1 Å². The summed E-state index contributed by atoms with van der Waals surface area (Å²) in [5.74, 6) is 0. The summed E-state index contributed by atoms with van der Waals surface area (Å²) in [6.45, 7) is 18.8. The first-order chi connectivity index (χ1) is 17.5. The molecule has 0 radical (unpaired) electrons. The lowest BCUT2D eigenvalue weighted by Gasteiger charge is -2.33. The molecule has 2 nitrogen and oxygen atoms in total. The second-order valence-electron chi connectivity index (χ2n) is 9.36. The van der Waals surface area contributed by atoms with Gasteiger partial charge in [0, 0.05) is 16.8 Å². The number of hydrogen-bond donors (Lipinski definition) is 0. The predicted molar refractivity (Wildman–Crippen MR) is 156 cm³/mol. The van der Waals surface area contributed by atoms with Gasteiger partial charge in [-0.3, -0.25) is 0 Å². The summed E-state index contributed by atoms with van der Waals surface area (Å²) in [5, 5.41) is 0. The van der Waals surface area contributed by atoms with Crippen LogP contribution in [0.2, 0.25) is 0 Å². The highest BCUT2D eigenvalue weighted by atomic mass is 15.4. The van der Waals surface area contributed by atoms with E-state index in [0.29, 0.717) is 0 Å². The van der Waals surface area contributed by atoms with Gasteiger partial charge in [-0.25, -0.2) is 0 Å². The van der Waals surface area contributed by atoms with Gasteiger partial charge in [0.1, 0.15) is 6.17 Å². The third-order valence-corrected chi connectivity index (χ3v) is 7.45. The molecule has 0 aromatic heterocycles. The van der Waals surface area contributed by atoms with E-state index >= 15 is 0 Å². The average Bonchev–Trinajstić information content (AvgIpc) is 3.20. The van der Waals surface area contributed by atoms with Crippen LogP contribution in [0.3, 0.4) is 0 Å². The molecule has 2 aliphatic heterocycles. The Balaban J connectivity index is 1.93. The summed E-state index contributed by atoms with van der Waals surface area (Å²) in [7, 11) is 0. The summed E-state index contributed by atoms with van der Waals surface area (Å²) in [6, 6.07) is 24.1. The van der Waals surface area contributed by atoms with Crippen LogP contribution in [0.1, 0.15) is 31.9 Å². The quantitative estimate of drug-likeness (QED) is 0.278. The number of anilines is 3. The highest BCUT2D eigenvalue weighted by Crippen LogP contribution is 2.53. The third-order valence-electron chi connectivity index (χ3n) is 7.45. The lowest BCUT2D eigenvalue weighted by Crippen LogP contribution is -2.38. The molecular formula is C34H32N2. The molecule has 0 unspecified atom stereocenters. The van der Waals surface area contributed by atoms with Crippen LogP contribution in [-0.2, 0) is 6.42 Å². The van der Waals surface area contributed by atoms with Gasteiger partial charge in [-0.05, 0) is 73.2 Å². The number of allylic oxidation sites excluding steroid dienone is 7. The summed E-state index contributed by atoms with van der Waals surface area (Å²) < 4.78 is 0. The minimum atomic E-state index is 0.0558. The first-order valence-corrected chi connectivity index (χ1v) is 12.4. The fourth-order valence-electron chi connectivity index (χ4n) is 5.68. The molecule has 0 amide bonds. The van der Waals surface area contributed by atoms with Gasteiger partial charge in [0.05, 0.1) is 17.1 Å². The van der Waals surface area contributed by atoms with Crippen molar-refractivity contribution in [2.24, 2.45) is 0 Å². The van der Waals surface area contributed by atoms with E-state index in [1.165, 1.54) is 50.6 Å². The molecule has 2 heteroatoms. The van der Waals surface area contributed by atoms with Crippen molar-refractivity contribution in [1.82, 2.24) is 0 Å². The topological polar surface area (TPSA) is 6.48 Å². The molecule has 3 aromatic rings. The molecule has 178 valence electrons. The van der Waals surface area contributed by atoms with Crippen molar-refractivity contribution in [2.45, 2.75) is 33.4 Å². The maximum Gasteiger partial charge on any atom is 0.108 e. The van der Waals surface area contributed by atoms with Crippen molar-refractivity contribution in [3.05, 3.63) is 138 Å². The maximum absolute atomic E-state index is 4.24. The van der Waals surface area contributed by atoms with Crippen molar-refractivity contribution >= 4 is 22.6 Å². The van der Waals surface area contributed by atoms with Gasteiger partial charge in [-0.15, -0.1) is 5.73 Å². The first kappa shape index (κ1) is 23.5. The molecule has 0 N–H and O–H groups in total. The molecule has 0 saturated carbocycles. The number of nitrogens with zero attached hydrogens (tertiary/aromatic N) is 2. The fourth-order valence-corrected chi connectivity index (χ4v) is 5.68. The Kier molecular flexibility index (Phi) is 6.14. The zero-order chi connectivity index (χ0) is 25.4. The van der Waals surface area contributed by atoms with Gasteiger partial charge in [0.15, 0.2) is 0 Å². The second-order valence-corrected chi connectivity index (χ2v) is 9.36. The van der Waals surface area contributed by atoms with E-state index in [1.54, 1.807) is 0 Å². The van der Waals surface area contributed by atoms with Gasteiger partial charge in [-0.2, -0.15) is 0 Å². The summed E-state index contributed by atoms with van der Waals surface area (Å²) in [5.41, 5.74) is 16.1. The molecule has 0 saturated heterocycles. The van der Waals surface area contributed by atoms with Crippen LogP contribution in [0.4, 0.5) is 17.1 Å². The van der Waals surface area contributed by atoms with Crippen LogP contribution >= 0.6 is 0 Å². The van der Waals surface area contributed by atoms with Gasteiger partial charge >= 0.3 is 0 Å². The predicted octanol–water partition coefficient (Wildman–Crippen LogP) is 8.97. The molecule has 1 atom stereocenters. The molecule has 0 bridgehead atoms. The Labute approximate surface area is 215 Å². The van der Waals surface area contributed by atoms with E-state index in [-0.39, 0.29) is 6.17 Å². The van der Waals surface area contributed by atoms with Gasteiger partial charge < -0.3 is 9.80 Å². The van der Waals surface area contributed by atoms with Crippen LogP contribution in [-0.4, -0.2) is 6.17 Å². The van der Waals surface area contributed by atoms with Crippen molar-refractivity contribution < 1.29 is 0 Å². The van der Waals surface area contributed by atoms with Gasteiger partial charge in [0.2, 0.25) is 0 Å². The number of rotatable bonds is 4. The largest absolute Gasteiger partial charge is 0.322 e. The number of benzene rings is 3. The number of para-hydroxylation sites is 2. The van der Waals surface area contributed by atoms with E-state index in [2.05, 4.69) is 123 Å². The normalized spacial score (nSPS) is 16.8. The van der Waals surface area contributed by atoms with Crippen LogP contribution in [0, 0.1) is 0 Å². The molecule has 0 spiro atoms. The Morgan fingerprint density at radius 1 is 0.861 bits per heavy atom. The Morgan fingerprint density at radius 3 is 2.25 bits per heavy atom. The highest BCUT2D eigenvalue weighted by molar-refractivity contribution is 6.00. The van der Waals surface area contributed by atoms with E-state index in [9.17, 15) is 0 Å². The first-order valence-electron chi connectivity index (χ1n) is 12.4. The van der Waals surface area contributed by atoms with Gasteiger partial charge in [-0.1, -0.05) is 86.5 Å². The minimum Gasteiger partial charge on any atom is -0.322 e. The SMILES string of the molecule is C=C=C/C(C)=C(\C)N1c2cccc3c2N(c2ccccc2-c2ccccc2CC(C=C)=C3C=C)[C@@H]1C. The van der Waals surface area contributed by atoms with Crippen LogP contribution in [0.25, 0.3) is 16.7 Å². The average molecular weight is 469 g/mol. The molecule has 5 rings (SSSR count).